The highest BCUT2D eigenvalue weighted by Gasteiger charge is 2.33. The molecule has 0 aliphatic heterocycles. The lowest BCUT2D eigenvalue weighted by Gasteiger charge is -2.33. The SMILES string of the molecule is [C]1=C2C=CC=CC23C=CC=CC3=CC=C1. The van der Waals surface area contributed by atoms with E-state index in [1.165, 1.54) is 11.1 Å². The van der Waals surface area contributed by atoms with Crippen LogP contribution in [0, 0.1) is 11.5 Å². The number of allylic oxidation sites excluding steroid dienone is 14. The van der Waals surface area contributed by atoms with Crippen molar-refractivity contribution in [1.82, 2.24) is 0 Å². The van der Waals surface area contributed by atoms with Crippen LogP contribution in [-0.2, 0) is 0 Å². The van der Waals surface area contributed by atoms with Crippen molar-refractivity contribution in [2.45, 2.75) is 0 Å². The molecule has 1 unspecified atom stereocenters. The number of hydrogen-bond acceptors (Lipinski definition) is 0. The summed E-state index contributed by atoms with van der Waals surface area (Å²) in [5.74, 6) is 0. The van der Waals surface area contributed by atoms with Crippen molar-refractivity contribution >= 4 is 0 Å². The summed E-state index contributed by atoms with van der Waals surface area (Å²) < 4.78 is 0. The lowest BCUT2D eigenvalue weighted by molar-refractivity contribution is 0.726. The maximum Gasteiger partial charge on any atom is 0.0574 e. The van der Waals surface area contributed by atoms with Crippen LogP contribution in [0.4, 0.5) is 0 Å². The molecule has 0 saturated carbocycles. The lowest BCUT2D eigenvalue weighted by Crippen LogP contribution is -2.22. The minimum absolute atomic E-state index is 0.0764. The Balaban J connectivity index is 2.27. The molecular weight excluding hydrogens is 180 g/mol. The van der Waals surface area contributed by atoms with Gasteiger partial charge < -0.3 is 0 Å². The molecular formula is C15H11. The Bertz CT molecular complexity index is 442. The van der Waals surface area contributed by atoms with Gasteiger partial charge in [0, 0.05) is 0 Å². The Hall–Kier alpha value is -1.82. The molecule has 0 aromatic heterocycles. The van der Waals surface area contributed by atoms with Crippen molar-refractivity contribution in [1.29, 1.82) is 0 Å². The first-order valence-corrected chi connectivity index (χ1v) is 5.15. The molecule has 3 rings (SSSR count). The maximum atomic E-state index is 3.33. The summed E-state index contributed by atoms with van der Waals surface area (Å²) in [6.07, 6.45) is 26.6. The van der Waals surface area contributed by atoms with Gasteiger partial charge in [0.05, 0.1) is 5.41 Å². The van der Waals surface area contributed by atoms with E-state index < -0.39 is 0 Å². The normalized spacial score (nSPS) is 24.0. The molecule has 1 atom stereocenters. The molecule has 1 radical (unpaired) electrons. The van der Waals surface area contributed by atoms with E-state index in [9.17, 15) is 0 Å². The van der Waals surface area contributed by atoms with Gasteiger partial charge in [0.2, 0.25) is 0 Å². The summed E-state index contributed by atoms with van der Waals surface area (Å²) in [7, 11) is 0. The summed E-state index contributed by atoms with van der Waals surface area (Å²) >= 11 is 0. The molecule has 0 aromatic carbocycles. The van der Waals surface area contributed by atoms with E-state index in [2.05, 4.69) is 60.8 Å². The van der Waals surface area contributed by atoms with Crippen LogP contribution in [0.1, 0.15) is 0 Å². The van der Waals surface area contributed by atoms with E-state index in [-0.39, 0.29) is 5.41 Å². The third kappa shape index (κ3) is 1.15. The van der Waals surface area contributed by atoms with Crippen LogP contribution in [-0.4, -0.2) is 0 Å². The first kappa shape index (κ1) is 8.49. The molecule has 0 amide bonds. The second kappa shape index (κ2) is 3.09. The molecule has 0 bridgehead atoms. The Morgan fingerprint density at radius 3 is 2.53 bits per heavy atom. The van der Waals surface area contributed by atoms with Gasteiger partial charge in [-0.05, 0) is 17.2 Å². The van der Waals surface area contributed by atoms with Crippen LogP contribution in [0.3, 0.4) is 0 Å². The van der Waals surface area contributed by atoms with Gasteiger partial charge in [-0.1, -0.05) is 66.8 Å². The van der Waals surface area contributed by atoms with Crippen LogP contribution >= 0.6 is 0 Å². The predicted octanol–water partition coefficient (Wildman–Crippen LogP) is 3.45. The van der Waals surface area contributed by atoms with Gasteiger partial charge in [-0.25, -0.2) is 0 Å². The summed E-state index contributed by atoms with van der Waals surface area (Å²) in [5.41, 5.74) is 2.44. The van der Waals surface area contributed by atoms with Gasteiger partial charge in [0.15, 0.2) is 0 Å². The van der Waals surface area contributed by atoms with Gasteiger partial charge in [0.1, 0.15) is 0 Å². The second-order valence-corrected chi connectivity index (χ2v) is 3.84. The summed E-state index contributed by atoms with van der Waals surface area (Å²) in [4.78, 5) is 0. The number of hydrogen-bond donors (Lipinski definition) is 0. The molecule has 71 valence electrons. The van der Waals surface area contributed by atoms with Crippen molar-refractivity contribution in [3.8, 4) is 0 Å². The Morgan fingerprint density at radius 1 is 0.867 bits per heavy atom. The van der Waals surface area contributed by atoms with E-state index in [0.717, 1.165) is 0 Å². The predicted molar refractivity (Wildman–Crippen MR) is 63.0 cm³/mol. The smallest absolute Gasteiger partial charge is 0.0574 e. The van der Waals surface area contributed by atoms with Gasteiger partial charge in [-0.3, -0.25) is 0 Å². The minimum Gasteiger partial charge on any atom is -0.0658 e. The highest BCUT2D eigenvalue weighted by Crippen LogP contribution is 2.44. The quantitative estimate of drug-likeness (QED) is 0.550. The molecule has 0 aromatic rings. The van der Waals surface area contributed by atoms with Crippen molar-refractivity contribution in [3.05, 3.63) is 84.1 Å². The third-order valence-electron chi connectivity index (χ3n) is 3.01. The van der Waals surface area contributed by atoms with E-state index in [1.807, 2.05) is 12.2 Å². The van der Waals surface area contributed by atoms with E-state index in [4.69, 9.17) is 0 Å². The largest absolute Gasteiger partial charge is 0.0658 e. The maximum absolute atomic E-state index is 3.33. The average Bonchev–Trinajstić information content (AvgIpc) is 2.47. The summed E-state index contributed by atoms with van der Waals surface area (Å²) in [5, 5.41) is 0. The fourth-order valence-electron chi connectivity index (χ4n) is 2.24. The van der Waals surface area contributed by atoms with Crippen molar-refractivity contribution < 1.29 is 0 Å². The summed E-state index contributed by atoms with van der Waals surface area (Å²) in [6, 6.07) is 0. The zero-order valence-electron chi connectivity index (χ0n) is 8.35. The van der Waals surface area contributed by atoms with Gasteiger partial charge in [0.25, 0.3) is 0 Å². The molecule has 1 spiro atoms. The Kier molecular flexibility index (Phi) is 1.75. The third-order valence-corrected chi connectivity index (χ3v) is 3.01. The standard InChI is InChI=1S/C15H11/c1-2-8-14-10-4-6-12-15(14)11-5-3-9-13(15)7-1/h1-7,9-12H. The van der Waals surface area contributed by atoms with Crippen LogP contribution in [0.15, 0.2) is 78.0 Å². The Morgan fingerprint density at radius 2 is 1.67 bits per heavy atom. The monoisotopic (exact) mass is 191 g/mol. The highest BCUT2D eigenvalue weighted by atomic mass is 14.3. The fraction of sp³-hybridized carbons (Fsp3) is 0.0667. The first-order chi connectivity index (χ1) is 7.42. The van der Waals surface area contributed by atoms with Gasteiger partial charge >= 0.3 is 0 Å². The summed E-state index contributed by atoms with van der Waals surface area (Å²) in [6.45, 7) is 0. The van der Waals surface area contributed by atoms with Crippen molar-refractivity contribution in [2.75, 3.05) is 0 Å². The molecule has 15 heavy (non-hydrogen) atoms. The van der Waals surface area contributed by atoms with Crippen LogP contribution in [0.25, 0.3) is 0 Å². The van der Waals surface area contributed by atoms with Crippen LogP contribution in [0.2, 0.25) is 0 Å². The van der Waals surface area contributed by atoms with Crippen molar-refractivity contribution in [3.63, 3.8) is 0 Å². The first-order valence-electron chi connectivity index (χ1n) is 5.15. The fourth-order valence-corrected chi connectivity index (χ4v) is 2.24. The van der Waals surface area contributed by atoms with Gasteiger partial charge in [-0.15, -0.1) is 0 Å². The molecule has 3 aliphatic rings. The average molecular weight is 191 g/mol. The molecule has 0 fully saturated rings. The molecule has 0 heteroatoms. The van der Waals surface area contributed by atoms with Crippen molar-refractivity contribution in [2.24, 2.45) is 5.41 Å². The molecule has 3 aliphatic carbocycles. The Labute approximate surface area is 90.0 Å². The minimum atomic E-state index is -0.0764. The number of rotatable bonds is 0. The van der Waals surface area contributed by atoms with Crippen LogP contribution in [0.5, 0.6) is 0 Å². The van der Waals surface area contributed by atoms with E-state index in [0.29, 0.717) is 0 Å². The molecule has 0 saturated heterocycles. The second-order valence-electron chi connectivity index (χ2n) is 3.84. The molecule has 0 heterocycles. The topological polar surface area (TPSA) is 0 Å². The zero-order chi connectivity index (χ0) is 10.1. The lowest BCUT2D eigenvalue weighted by atomic mass is 9.70. The highest BCUT2D eigenvalue weighted by molar-refractivity contribution is 5.58. The molecule has 0 nitrogen and oxygen atoms in total. The van der Waals surface area contributed by atoms with Gasteiger partial charge in [-0.2, -0.15) is 0 Å². The zero-order valence-corrected chi connectivity index (χ0v) is 8.35. The van der Waals surface area contributed by atoms with E-state index >= 15 is 0 Å². The van der Waals surface area contributed by atoms with E-state index in [1.54, 1.807) is 0 Å². The van der Waals surface area contributed by atoms with Crippen LogP contribution < -0.4 is 0 Å². The molecule has 0 N–H and O–H groups in total.